The Morgan fingerprint density at radius 2 is 2.08 bits per heavy atom. The Morgan fingerprint density at radius 1 is 1.28 bits per heavy atom. The molecule has 2 N–H and O–H groups in total. The molecule has 7 nitrogen and oxygen atoms in total. The first-order valence-electron chi connectivity index (χ1n) is 8.06. The van der Waals surface area contributed by atoms with Crippen LogP contribution in [0.4, 0.5) is 17.3 Å². The van der Waals surface area contributed by atoms with Gasteiger partial charge in [0.1, 0.15) is 18.0 Å². The molecule has 8 heteroatoms. The summed E-state index contributed by atoms with van der Waals surface area (Å²) in [6.07, 6.45) is 1.50. The van der Waals surface area contributed by atoms with E-state index in [1.807, 2.05) is 31.2 Å². The molecule has 0 spiro atoms. The molecule has 132 valence electrons. The van der Waals surface area contributed by atoms with Crippen molar-refractivity contribution in [1.82, 2.24) is 9.97 Å². The number of ether oxygens (including phenoxy) is 1. The lowest BCUT2D eigenvalue weighted by molar-refractivity contribution is -0.114. The molecule has 0 saturated carbocycles. The van der Waals surface area contributed by atoms with Crippen LogP contribution in [0.3, 0.4) is 0 Å². The molecule has 25 heavy (non-hydrogen) atoms. The minimum atomic E-state index is -0.131. The highest BCUT2D eigenvalue weighted by Crippen LogP contribution is 2.20. The van der Waals surface area contributed by atoms with Gasteiger partial charge in [-0.05, 0) is 30.7 Å². The summed E-state index contributed by atoms with van der Waals surface area (Å²) < 4.78 is 6.36. The number of hydrogen-bond donors (Lipinski definition) is 2. The summed E-state index contributed by atoms with van der Waals surface area (Å²) in [5.74, 6) is 1.33. The zero-order valence-electron chi connectivity index (χ0n) is 14.0. The largest absolute Gasteiger partial charge is 0.378 e. The second-order valence-corrected chi connectivity index (χ2v) is 6.58. The van der Waals surface area contributed by atoms with Crippen molar-refractivity contribution in [1.29, 1.82) is 0 Å². The van der Waals surface area contributed by atoms with Gasteiger partial charge in [-0.25, -0.2) is 9.97 Å². The molecule has 2 heterocycles. The maximum Gasteiger partial charge on any atom is 0.243 e. The monoisotopic (exact) mass is 405 g/mol. The van der Waals surface area contributed by atoms with Crippen LogP contribution >= 0.6 is 15.9 Å². The lowest BCUT2D eigenvalue weighted by Gasteiger charge is -2.27. The van der Waals surface area contributed by atoms with Gasteiger partial charge >= 0.3 is 0 Å². The number of aryl methyl sites for hydroxylation is 1. The average Bonchev–Trinajstić information content (AvgIpc) is 2.64. The van der Waals surface area contributed by atoms with E-state index in [1.165, 1.54) is 6.33 Å². The van der Waals surface area contributed by atoms with Crippen LogP contribution in [-0.2, 0) is 9.53 Å². The fourth-order valence-electron chi connectivity index (χ4n) is 2.51. The third-order valence-corrected chi connectivity index (χ3v) is 4.75. The van der Waals surface area contributed by atoms with Gasteiger partial charge in [-0.2, -0.15) is 0 Å². The molecule has 1 fully saturated rings. The number of anilines is 3. The molecule has 0 atom stereocenters. The number of carbonyl (C=O) groups excluding carboxylic acids is 1. The normalized spacial score (nSPS) is 14.2. The van der Waals surface area contributed by atoms with E-state index in [2.05, 4.69) is 41.4 Å². The first-order valence-corrected chi connectivity index (χ1v) is 8.86. The molecule has 1 saturated heterocycles. The van der Waals surface area contributed by atoms with Gasteiger partial charge < -0.3 is 20.3 Å². The molecule has 0 bridgehead atoms. The number of nitrogens with one attached hydrogen (secondary N) is 2. The second kappa shape index (κ2) is 8.26. The van der Waals surface area contributed by atoms with E-state index >= 15 is 0 Å². The molecular formula is C17H20BrN5O2. The van der Waals surface area contributed by atoms with Crippen molar-refractivity contribution in [2.24, 2.45) is 0 Å². The summed E-state index contributed by atoms with van der Waals surface area (Å²) in [5, 5.41) is 5.91. The Balaban J connectivity index is 1.55. The van der Waals surface area contributed by atoms with Crippen LogP contribution in [0.1, 0.15) is 5.56 Å². The predicted molar refractivity (Wildman–Crippen MR) is 101 cm³/mol. The topological polar surface area (TPSA) is 79.4 Å². The third kappa shape index (κ3) is 4.90. The van der Waals surface area contributed by atoms with E-state index < -0.39 is 0 Å². The number of rotatable bonds is 5. The summed E-state index contributed by atoms with van der Waals surface area (Å²) in [6, 6.07) is 7.54. The molecule has 0 radical (unpaired) electrons. The van der Waals surface area contributed by atoms with Crippen molar-refractivity contribution in [2.45, 2.75) is 6.92 Å². The Labute approximate surface area is 154 Å². The molecule has 0 unspecified atom stereocenters. The molecule has 0 aliphatic carbocycles. The second-order valence-electron chi connectivity index (χ2n) is 5.73. The average molecular weight is 406 g/mol. The summed E-state index contributed by atoms with van der Waals surface area (Å²) in [7, 11) is 0. The molecule has 1 aliphatic rings. The number of morpholine rings is 1. The standard InChI is InChI=1S/C17H20BrN5O2/c1-12-8-13(2-3-14(12)18)22-17(24)10-19-15-9-16(21-11-20-15)23-4-6-25-7-5-23/h2-3,8-9,11H,4-7,10H2,1H3,(H,22,24)(H,19,20,21). The van der Waals surface area contributed by atoms with E-state index in [0.29, 0.717) is 19.0 Å². The van der Waals surface area contributed by atoms with Crippen molar-refractivity contribution in [3.8, 4) is 0 Å². The summed E-state index contributed by atoms with van der Waals surface area (Å²) in [4.78, 5) is 22.7. The van der Waals surface area contributed by atoms with Crippen LogP contribution in [0.25, 0.3) is 0 Å². The van der Waals surface area contributed by atoms with E-state index in [1.54, 1.807) is 0 Å². The maximum absolute atomic E-state index is 12.1. The Kier molecular flexibility index (Phi) is 5.83. The third-order valence-electron chi connectivity index (χ3n) is 3.86. The van der Waals surface area contributed by atoms with Gasteiger partial charge in [0.15, 0.2) is 0 Å². The smallest absolute Gasteiger partial charge is 0.243 e. The highest BCUT2D eigenvalue weighted by molar-refractivity contribution is 9.10. The summed E-state index contributed by atoms with van der Waals surface area (Å²) in [5.41, 5.74) is 1.83. The number of benzene rings is 1. The summed E-state index contributed by atoms with van der Waals surface area (Å²) >= 11 is 3.45. The Morgan fingerprint density at radius 3 is 2.84 bits per heavy atom. The maximum atomic E-state index is 12.1. The highest BCUT2D eigenvalue weighted by atomic mass is 79.9. The van der Waals surface area contributed by atoms with Gasteiger partial charge in [-0.1, -0.05) is 15.9 Å². The van der Waals surface area contributed by atoms with Crippen LogP contribution in [0.2, 0.25) is 0 Å². The van der Waals surface area contributed by atoms with Gasteiger partial charge in [0.2, 0.25) is 5.91 Å². The van der Waals surface area contributed by atoms with E-state index in [4.69, 9.17) is 4.74 Å². The molecule has 2 aromatic rings. The lowest BCUT2D eigenvalue weighted by Crippen LogP contribution is -2.36. The van der Waals surface area contributed by atoms with E-state index in [-0.39, 0.29) is 12.5 Å². The van der Waals surface area contributed by atoms with Gasteiger partial charge in [0, 0.05) is 29.3 Å². The van der Waals surface area contributed by atoms with Crippen molar-refractivity contribution in [3.63, 3.8) is 0 Å². The number of nitrogens with zero attached hydrogens (tertiary/aromatic N) is 3. The van der Waals surface area contributed by atoms with Gasteiger partial charge in [-0.3, -0.25) is 4.79 Å². The Bertz CT molecular complexity index is 750. The first kappa shape index (κ1) is 17.6. The highest BCUT2D eigenvalue weighted by Gasteiger charge is 2.13. The number of aromatic nitrogens is 2. The fourth-order valence-corrected chi connectivity index (χ4v) is 2.75. The molecule has 1 aliphatic heterocycles. The van der Waals surface area contributed by atoms with Gasteiger partial charge in [-0.15, -0.1) is 0 Å². The van der Waals surface area contributed by atoms with Crippen molar-refractivity contribution in [3.05, 3.63) is 40.6 Å². The molecule has 1 amide bonds. The van der Waals surface area contributed by atoms with E-state index in [9.17, 15) is 4.79 Å². The minimum Gasteiger partial charge on any atom is -0.378 e. The fraction of sp³-hybridized carbons (Fsp3) is 0.353. The molecule has 1 aromatic carbocycles. The number of amides is 1. The quantitative estimate of drug-likeness (QED) is 0.794. The number of halogens is 1. The first-order chi connectivity index (χ1) is 12.1. The number of hydrogen-bond acceptors (Lipinski definition) is 6. The van der Waals surface area contributed by atoms with Crippen molar-refractivity contribution >= 4 is 39.2 Å². The number of carbonyl (C=O) groups is 1. The van der Waals surface area contributed by atoms with Crippen LogP contribution in [0.15, 0.2) is 35.1 Å². The summed E-state index contributed by atoms with van der Waals surface area (Å²) in [6.45, 7) is 5.12. The minimum absolute atomic E-state index is 0.131. The molecular weight excluding hydrogens is 386 g/mol. The van der Waals surface area contributed by atoms with Crippen LogP contribution in [0, 0.1) is 6.92 Å². The van der Waals surface area contributed by atoms with E-state index in [0.717, 1.165) is 34.6 Å². The SMILES string of the molecule is Cc1cc(NC(=O)CNc2cc(N3CCOCC3)ncn2)ccc1Br. The Hall–Kier alpha value is -2.19. The molecule has 3 rings (SSSR count). The van der Waals surface area contributed by atoms with Crippen LogP contribution in [0.5, 0.6) is 0 Å². The zero-order valence-corrected chi connectivity index (χ0v) is 15.5. The zero-order chi connectivity index (χ0) is 17.6. The lowest BCUT2D eigenvalue weighted by atomic mass is 10.2. The predicted octanol–water partition coefficient (Wildman–Crippen LogP) is 2.43. The van der Waals surface area contributed by atoms with Crippen molar-refractivity contribution < 1.29 is 9.53 Å². The van der Waals surface area contributed by atoms with Gasteiger partial charge in [0.25, 0.3) is 0 Å². The van der Waals surface area contributed by atoms with Crippen LogP contribution in [-0.4, -0.2) is 48.7 Å². The van der Waals surface area contributed by atoms with Crippen molar-refractivity contribution in [2.75, 3.05) is 48.4 Å². The van der Waals surface area contributed by atoms with Gasteiger partial charge in [0.05, 0.1) is 19.8 Å². The molecule has 1 aromatic heterocycles. The van der Waals surface area contributed by atoms with Crippen LogP contribution < -0.4 is 15.5 Å².